The number of anilines is 2. The van der Waals surface area contributed by atoms with Crippen LogP contribution in [0.2, 0.25) is 0 Å². The summed E-state index contributed by atoms with van der Waals surface area (Å²) < 4.78 is 14.0. The van der Waals surface area contributed by atoms with Crippen LogP contribution in [0.4, 0.5) is 15.8 Å². The molecule has 1 aromatic carbocycles. The van der Waals surface area contributed by atoms with Gasteiger partial charge in [-0.1, -0.05) is 0 Å². The Morgan fingerprint density at radius 1 is 1.35 bits per heavy atom. The van der Waals surface area contributed by atoms with Crippen LogP contribution in [0.25, 0.3) is 0 Å². The van der Waals surface area contributed by atoms with Gasteiger partial charge in [0.2, 0.25) is 11.8 Å². The Morgan fingerprint density at radius 2 is 2.20 bits per heavy atom. The molecule has 0 saturated carbocycles. The molecular formula is C14H16FN3O2. The predicted octanol–water partition coefficient (Wildman–Crippen LogP) is 1.40. The highest BCUT2D eigenvalue weighted by Crippen LogP contribution is 2.28. The Kier molecular flexibility index (Phi) is 3.40. The molecule has 1 fully saturated rings. The Balaban J connectivity index is 1.80. The smallest absolute Gasteiger partial charge is 0.241 e. The molecule has 0 bridgehead atoms. The molecule has 0 unspecified atom stereocenters. The normalized spacial score (nSPS) is 21.2. The highest BCUT2D eigenvalue weighted by atomic mass is 19.1. The van der Waals surface area contributed by atoms with Crippen molar-refractivity contribution in [1.29, 1.82) is 0 Å². The zero-order valence-electron chi connectivity index (χ0n) is 11.0. The predicted molar refractivity (Wildman–Crippen MR) is 73.0 cm³/mol. The molecule has 20 heavy (non-hydrogen) atoms. The van der Waals surface area contributed by atoms with E-state index < -0.39 is 5.82 Å². The number of nitrogens with one attached hydrogen (secondary N) is 3. The Hall–Kier alpha value is -1.95. The van der Waals surface area contributed by atoms with Crippen LogP contribution in [0.3, 0.4) is 0 Å². The molecule has 0 radical (unpaired) electrons. The van der Waals surface area contributed by atoms with Crippen molar-refractivity contribution < 1.29 is 14.0 Å². The molecule has 5 nitrogen and oxygen atoms in total. The van der Waals surface area contributed by atoms with Crippen molar-refractivity contribution in [2.75, 3.05) is 17.2 Å². The zero-order valence-corrected chi connectivity index (χ0v) is 11.0. The lowest BCUT2D eigenvalue weighted by atomic mass is 10.0. The number of amides is 2. The molecule has 2 aliphatic rings. The molecule has 3 N–H and O–H groups in total. The summed E-state index contributed by atoms with van der Waals surface area (Å²) >= 11 is 0. The van der Waals surface area contributed by atoms with Crippen LogP contribution in [0.15, 0.2) is 12.1 Å². The number of hydrogen-bond acceptors (Lipinski definition) is 3. The Bertz CT molecular complexity index is 568. The Morgan fingerprint density at radius 3 is 2.95 bits per heavy atom. The summed E-state index contributed by atoms with van der Waals surface area (Å²) in [5, 5.41) is 8.35. The molecule has 2 amide bonds. The zero-order chi connectivity index (χ0) is 14.1. The molecule has 3 rings (SSSR count). The molecule has 0 spiro atoms. The second-order valence-electron chi connectivity index (χ2n) is 5.18. The fourth-order valence-electron chi connectivity index (χ4n) is 2.62. The van der Waals surface area contributed by atoms with Crippen molar-refractivity contribution in [2.24, 2.45) is 0 Å². The number of fused-ring (bicyclic) bond motifs is 1. The largest absolute Gasteiger partial charge is 0.326 e. The molecule has 2 aliphatic heterocycles. The summed E-state index contributed by atoms with van der Waals surface area (Å²) in [5.74, 6) is -0.784. The van der Waals surface area contributed by atoms with Crippen molar-refractivity contribution >= 4 is 23.2 Å². The molecule has 106 valence electrons. The summed E-state index contributed by atoms with van der Waals surface area (Å²) in [7, 11) is 0. The topological polar surface area (TPSA) is 70.2 Å². The van der Waals surface area contributed by atoms with E-state index in [-0.39, 0.29) is 23.5 Å². The third-order valence-electron chi connectivity index (χ3n) is 3.72. The van der Waals surface area contributed by atoms with E-state index in [1.54, 1.807) is 0 Å². The van der Waals surface area contributed by atoms with Crippen molar-refractivity contribution in [1.82, 2.24) is 5.32 Å². The van der Waals surface area contributed by atoms with Gasteiger partial charge < -0.3 is 16.0 Å². The second kappa shape index (κ2) is 5.20. The number of aryl methyl sites for hydroxylation is 1. The molecule has 6 heteroatoms. The minimum Gasteiger partial charge on any atom is -0.326 e. The monoisotopic (exact) mass is 277 g/mol. The van der Waals surface area contributed by atoms with Crippen molar-refractivity contribution in [3.05, 3.63) is 23.5 Å². The minimum absolute atomic E-state index is 0.0844. The molecule has 0 aromatic heterocycles. The third kappa shape index (κ3) is 2.51. The molecule has 1 atom stereocenters. The average molecular weight is 277 g/mol. The fraction of sp³-hybridized carbons (Fsp3) is 0.429. The van der Waals surface area contributed by atoms with Gasteiger partial charge in [0.1, 0.15) is 5.82 Å². The van der Waals surface area contributed by atoms with Gasteiger partial charge in [0.25, 0.3) is 0 Å². The molecular weight excluding hydrogens is 261 g/mol. The maximum atomic E-state index is 14.0. The van der Waals surface area contributed by atoms with Crippen molar-refractivity contribution in [2.45, 2.75) is 31.7 Å². The van der Waals surface area contributed by atoms with Gasteiger partial charge in [-0.25, -0.2) is 4.39 Å². The first kappa shape index (κ1) is 13.1. The maximum Gasteiger partial charge on any atom is 0.241 e. The van der Waals surface area contributed by atoms with E-state index >= 15 is 0 Å². The van der Waals surface area contributed by atoms with E-state index in [0.717, 1.165) is 24.9 Å². The first-order valence-corrected chi connectivity index (χ1v) is 6.80. The van der Waals surface area contributed by atoms with Gasteiger partial charge in [0.05, 0.1) is 11.7 Å². The fourth-order valence-corrected chi connectivity index (χ4v) is 2.62. The molecule has 1 aromatic rings. The van der Waals surface area contributed by atoms with Gasteiger partial charge >= 0.3 is 0 Å². The van der Waals surface area contributed by atoms with E-state index in [4.69, 9.17) is 0 Å². The summed E-state index contributed by atoms with van der Waals surface area (Å²) in [6.45, 7) is 0.806. The first-order valence-electron chi connectivity index (χ1n) is 6.80. The quantitative estimate of drug-likeness (QED) is 0.765. The SMILES string of the molecule is O=C1CCc2cc(F)c(NC(=O)[C@H]3CCCN3)cc2N1. The summed E-state index contributed by atoms with van der Waals surface area (Å²) in [5.41, 5.74) is 1.46. The highest BCUT2D eigenvalue weighted by Gasteiger charge is 2.24. The van der Waals surface area contributed by atoms with Crippen LogP contribution in [0, 0.1) is 5.82 Å². The summed E-state index contributed by atoms with van der Waals surface area (Å²) in [6, 6.07) is 2.61. The van der Waals surface area contributed by atoms with Crippen LogP contribution < -0.4 is 16.0 Å². The van der Waals surface area contributed by atoms with E-state index in [1.165, 1.54) is 12.1 Å². The lowest BCUT2D eigenvalue weighted by Gasteiger charge is -2.19. The van der Waals surface area contributed by atoms with Crippen LogP contribution in [-0.2, 0) is 16.0 Å². The third-order valence-corrected chi connectivity index (χ3v) is 3.72. The standard InChI is InChI=1S/C14H16FN3O2/c15-9-6-8-3-4-13(19)17-11(8)7-12(9)18-14(20)10-2-1-5-16-10/h6-7,10,16H,1-5H2,(H,17,19)(H,18,20)/t10-/m1/s1. The number of rotatable bonds is 2. The van der Waals surface area contributed by atoms with Crippen LogP contribution >= 0.6 is 0 Å². The maximum absolute atomic E-state index is 14.0. The van der Waals surface area contributed by atoms with Gasteiger partial charge in [-0.2, -0.15) is 0 Å². The van der Waals surface area contributed by atoms with Crippen molar-refractivity contribution in [3.8, 4) is 0 Å². The second-order valence-corrected chi connectivity index (χ2v) is 5.18. The van der Waals surface area contributed by atoms with Crippen LogP contribution in [0.1, 0.15) is 24.8 Å². The van der Waals surface area contributed by atoms with Gasteiger partial charge in [-0.3, -0.25) is 9.59 Å². The van der Waals surface area contributed by atoms with Gasteiger partial charge in [0.15, 0.2) is 0 Å². The molecule has 0 aliphatic carbocycles. The number of halogens is 1. The van der Waals surface area contributed by atoms with Crippen LogP contribution in [-0.4, -0.2) is 24.4 Å². The number of hydrogen-bond donors (Lipinski definition) is 3. The van der Waals surface area contributed by atoms with E-state index in [9.17, 15) is 14.0 Å². The van der Waals surface area contributed by atoms with Gasteiger partial charge in [-0.05, 0) is 43.5 Å². The summed E-state index contributed by atoms with van der Waals surface area (Å²) in [6.07, 6.45) is 2.59. The first-order chi connectivity index (χ1) is 9.63. The highest BCUT2D eigenvalue weighted by molar-refractivity contribution is 5.98. The lowest BCUT2D eigenvalue weighted by molar-refractivity contribution is -0.118. The minimum atomic E-state index is -0.466. The van der Waals surface area contributed by atoms with Crippen LogP contribution in [0.5, 0.6) is 0 Å². The number of benzene rings is 1. The number of carbonyl (C=O) groups is 2. The Labute approximate surface area is 115 Å². The summed E-state index contributed by atoms with van der Waals surface area (Å²) in [4.78, 5) is 23.3. The molecule has 1 saturated heterocycles. The van der Waals surface area contributed by atoms with Crippen molar-refractivity contribution in [3.63, 3.8) is 0 Å². The van der Waals surface area contributed by atoms with E-state index in [0.29, 0.717) is 18.5 Å². The van der Waals surface area contributed by atoms with E-state index in [2.05, 4.69) is 16.0 Å². The van der Waals surface area contributed by atoms with E-state index in [1.807, 2.05) is 0 Å². The number of carbonyl (C=O) groups excluding carboxylic acids is 2. The average Bonchev–Trinajstić information content (AvgIpc) is 2.94. The van der Waals surface area contributed by atoms with Gasteiger partial charge in [0, 0.05) is 12.1 Å². The lowest BCUT2D eigenvalue weighted by Crippen LogP contribution is -2.35. The van der Waals surface area contributed by atoms with Gasteiger partial charge in [-0.15, -0.1) is 0 Å². The molecule has 2 heterocycles.